The largest absolute Gasteiger partial charge is 0.480 e. The lowest BCUT2D eigenvalue weighted by Gasteiger charge is -2.16. The predicted molar refractivity (Wildman–Crippen MR) is 128 cm³/mol. The number of rotatable bonds is 12. The van der Waals surface area contributed by atoms with Crippen LogP contribution in [0.5, 0.6) is 0 Å². The molecule has 0 saturated heterocycles. The second kappa shape index (κ2) is 12.2. The number of alkyl carbamates (subject to hydrolysis) is 1. The Balaban J connectivity index is 1.36. The van der Waals surface area contributed by atoms with Crippen LogP contribution in [0.1, 0.15) is 43.7 Å². The third-order valence-electron chi connectivity index (χ3n) is 5.76. The van der Waals surface area contributed by atoms with E-state index < -0.39 is 24.0 Å². The van der Waals surface area contributed by atoms with Gasteiger partial charge in [-0.1, -0.05) is 62.4 Å². The number of aliphatic carboxylic acids is 1. The number of fused-ring (bicyclic) bond motifs is 3. The highest BCUT2D eigenvalue weighted by molar-refractivity contribution is 5.84. The zero-order valence-corrected chi connectivity index (χ0v) is 19.6. The van der Waals surface area contributed by atoms with E-state index in [1.54, 1.807) is 0 Å². The Hall–Kier alpha value is -3.39. The summed E-state index contributed by atoms with van der Waals surface area (Å²) in [5, 5.41) is 14.3. The molecule has 0 saturated carbocycles. The van der Waals surface area contributed by atoms with E-state index in [9.17, 15) is 19.5 Å². The van der Waals surface area contributed by atoms with Gasteiger partial charge < -0.3 is 25.2 Å². The van der Waals surface area contributed by atoms with E-state index in [-0.39, 0.29) is 32.3 Å². The summed E-state index contributed by atoms with van der Waals surface area (Å²) in [6.45, 7) is 4.19. The van der Waals surface area contributed by atoms with Gasteiger partial charge in [0.25, 0.3) is 0 Å². The highest BCUT2D eigenvalue weighted by Gasteiger charge is 2.29. The van der Waals surface area contributed by atoms with Crippen molar-refractivity contribution in [2.45, 2.75) is 38.6 Å². The average Bonchev–Trinajstić information content (AvgIpc) is 3.13. The van der Waals surface area contributed by atoms with Gasteiger partial charge in [0.05, 0.1) is 6.61 Å². The molecular weight excluding hydrogens is 436 g/mol. The second-order valence-corrected chi connectivity index (χ2v) is 8.73. The topological polar surface area (TPSA) is 114 Å². The van der Waals surface area contributed by atoms with Crippen molar-refractivity contribution in [3.05, 3.63) is 59.7 Å². The molecule has 1 atom stereocenters. The lowest BCUT2D eigenvalue weighted by atomic mass is 9.98. The van der Waals surface area contributed by atoms with Gasteiger partial charge in [0.2, 0.25) is 5.91 Å². The van der Waals surface area contributed by atoms with Crippen LogP contribution in [0, 0.1) is 5.92 Å². The summed E-state index contributed by atoms with van der Waals surface area (Å²) in [4.78, 5) is 35.3. The summed E-state index contributed by atoms with van der Waals surface area (Å²) >= 11 is 0. The maximum atomic E-state index is 12.1. The summed E-state index contributed by atoms with van der Waals surface area (Å²) < 4.78 is 10.7. The van der Waals surface area contributed by atoms with Crippen LogP contribution in [0.15, 0.2) is 48.5 Å². The number of benzene rings is 2. The molecule has 1 unspecified atom stereocenters. The Morgan fingerprint density at radius 3 is 2.18 bits per heavy atom. The fraction of sp³-hybridized carbons (Fsp3) is 0.423. The van der Waals surface area contributed by atoms with Crippen LogP contribution in [0.4, 0.5) is 4.79 Å². The van der Waals surface area contributed by atoms with Gasteiger partial charge in [-0.2, -0.15) is 0 Å². The van der Waals surface area contributed by atoms with E-state index in [2.05, 4.69) is 34.9 Å². The minimum atomic E-state index is -1.06. The summed E-state index contributed by atoms with van der Waals surface area (Å²) in [6, 6.07) is 15.3. The molecular formula is C26H32N2O6. The summed E-state index contributed by atoms with van der Waals surface area (Å²) in [6.07, 6.45) is 0.499. The second-order valence-electron chi connectivity index (χ2n) is 8.73. The van der Waals surface area contributed by atoms with Crippen molar-refractivity contribution in [1.29, 1.82) is 0 Å². The smallest absolute Gasteiger partial charge is 0.407 e. The lowest BCUT2D eigenvalue weighted by molar-refractivity contribution is -0.142. The van der Waals surface area contributed by atoms with Gasteiger partial charge in [0.15, 0.2) is 0 Å². The van der Waals surface area contributed by atoms with Gasteiger partial charge >= 0.3 is 12.1 Å². The molecule has 0 spiro atoms. The molecule has 3 N–H and O–H groups in total. The monoisotopic (exact) mass is 468 g/mol. The molecule has 1 aliphatic carbocycles. The summed E-state index contributed by atoms with van der Waals surface area (Å²) in [5.41, 5.74) is 4.60. The molecule has 0 bridgehead atoms. The number of carboxylic acids is 1. The molecule has 0 aliphatic heterocycles. The summed E-state index contributed by atoms with van der Waals surface area (Å²) in [5.74, 6) is -1.24. The van der Waals surface area contributed by atoms with Crippen molar-refractivity contribution in [2.24, 2.45) is 5.92 Å². The van der Waals surface area contributed by atoms with Crippen LogP contribution < -0.4 is 10.6 Å². The molecule has 1 aliphatic rings. The highest BCUT2D eigenvalue weighted by atomic mass is 16.5. The quantitative estimate of drug-likeness (QED) is 0.411. The van der Waals surface area contributed by atoms with E-state index in [1.807, 2.05) is 38.1 Å². The number of hydrogen-bond acceptors (Lipinski definition) is 5. The fourth-order valence-electron chi connectivity index (χ4n) is 4.03. The van der Waals surface area contributed by atoms with Crippen LogP contribution in [0.25, 0.3) is 11.1 Å². The number of carbonyl (C=O) groups excluding carboxylic acids is 2. The molecule has 8 heteroatoms. The third-order valence-corrected chi connectivity index (χ3v) is 5.76. The minimum absolute atomic E-state index is 0.0176. The number of carboxylic acid groups (broad SMARTS) is 1. The maximum Gasteiger partial charge on any atom is 0.407 e. The van der Waals surface area contributed by atoms with E-state index in [1.165, 1.54) is 0 Å². The van der Waals surface area contributed by atoms with Gasteiger partial charge in [-0.3, -0.25) is 4.79 Å². The zero-order valence-electron chi connectivity index (χ0n) is 19.6. The van der Waals surface area contributed by atoms with Gasteiger partial charge in [-0.05, 0) is 41.0 Å². The first-order valence-electron chi connectivity index (χ1n) is 11.6. The van der Waals surface area contributed by atoms with E-state index in [4.69, 9.17) is 9.47 Å². The first-order valence-corrected chi connectivity index (χ1v) is 11.6. The molecule has 2 aromatic rings. The Morgan fingerprint density at radius 1 is 0.971 bits per heavy atom. The zero-order chi connectivity index (χ0) is 24.5. The van der Waals surface area contributed by atoms with Crippen LogP contribution in [0.3, 0.4) is 0 Å². The van der Waals surface area contributed by atoms with Crippen molar-refractivity contribution in [1.82, 2.24) is 10.6 Å². The lowest BCUT2D eigenvalue weighted by Crippen LogP contribution is -2.42. The maximum absolute atomic E-state index is 12.1. The highest BCUT2D eigenvalue weighted by Crippen LogP contribution is 2.44. The predicted octanol–water partition coefficient (Wildman–Crippen LogP) is 3.55. The third kappa shape index (κ3) is 6.81. The van der Waals surface area contributed by atoms with Gasteiger partial charge in [0.1, 0.15) is 19.3 Å². The van der Waals surface area contributed by atoms with Gasteiger partial charge in [0, 0.05) is 12.5 Å². The standard InChI is InChI=1S/C26H32N2O6/c1-17(2)11-12-23(25(30)31)28-24(29)16-33-14-13-27-26(32)34-15-22-20-9-5-3-7-18(20)19-8-4-6-10-21(19)22/h3-10,17,22-23H,11-16H2,1-2H3,(H,27,32)(H,28,29)(H,30,31). The number of hydrogen-bond donors (Lipinski definition) is 3. The Morgan fingerprint density at radius 2 is 1.59 bits per heavy atom. The molecule has 0 radical (unpaired) electrons. The normalized spacial score (nSPS) is 13.1. The first kappa shape index (κ1) is 25.2. The number of carbonyl (C=O) groups is 3. The molecule has 2 aromatic carbocycles. The SMILES string of the molecule is CC(C)CCC(NC(=O)COCCNC(=O)OCC1c2ccccc2-c2ccccc21)C(=O)O. The van der Waals surface area contributed by atoms with E-state index in [0.717, 1.165) is 22.3 Å². The van der Waals surface area contributed by atoms with Crippen LogP contribution in [-0.2, 0) is 19.1 Å². The first-order chi connectivity index (χ1) is 16.4. The molecule has 8 nitrogen and oxygen atoms in total. The molecule has 0 aromatic heterocycles. The van der Waals surface area contributed by atoms with Crippen LogP contribution in [0.2, 0.25) is 0 Å². The number of nitrogens with one attached hydrogen (secondary N) is 2. The minimum Gasteiger partial charge on any atom is -0.480 e. The molecule has 2 amide bonds. The Bertz CT molecular complexity index is 961. The number of amides is 2. The molecule has 0 heterocycles. The van der Waals surface area contributed by atoms with E-state index in [0.29, 0.717) is 18.8 Å². The van der Waals surface area contributed by atoms with Crippen molar-refractivity contribution < 1.29 is 29.0 Å². The van der Waals surface area contributed by atoms with Crippen molar-refractivity contribution in [3.8, 4) is 11.1 Å². The van der Waals surface area contributed by atoms with Crippen LogP contribution >= 0.6 is 0 Å². The average molecular weight is 469 g/mol. The molecule has 0 fully saturated rings. The number of ether oxygens (including phenoxy) is 2. The fourth-order valence-corrected chi connectivity index (χ4v) is 4.03. The van der Waals surface area contributed by atoms with Crippen LogP contribution in [-0.4, -0.2) is 55.5 Å². The van der Waals surface area contributed by atoms with Crippen molar-refractivity contribution in [2.75, 3.05) is 26.4 Å². The summed E-state index contributed by atoms with van der Waals surface area (Å²) in [7, 11) is 0. The van der Waals surface area contributed by atoms with Gasteiger partial charge in [-0.15, -0.1) is 0 Å². The molecule has 3 rings (SSSR count). The Labute approximate surface area is 199 Å². The van der Waals surface area contributed by atoms with Crippen molar-refractivity contribution >= 4 is 18.0 Å². The van der Waals surface area contributed by atoms with Gasteiger partial charge in [-0.25, -0.2) is 9.59 Å². The van der Waals surface area contributed by atoms with E-state index >= 15 is 0 Å². The molecule has 34 heavy (non-hydrogen) atoms. The van der Waals surface area contributed by atoms with Crippen molar-refractivity contribution in [3.63, 3.8) is 0 Å². The molecule has 182 valence electrons. The Kier molecular flexibility index (Phi) is 9.04.